The van der Waals surface area contributed by atoms with E-state index in [1.807, 2.05) is 25.3 Å². The van der Waals surface area contributed by atoms with E-state index in [2.05, 4.69) is 9.97 Å². The summed E-state index contributed by atoms with van der Waals surface area (Å²) in [6.45, 7) is 7.11. The number of hydrogen-bond donors (Lipinski definition) is 1. The maximum absolute atomic E-state index is 13.2. The van der Waals surface area contributed by atoms with Crippen molar-refractivity contribution < 1.29 is 9.90 Å². The van der Waals surface area contributed by atoms with Crippen LogP contribution in [-0.4, -0.2) is 34.7 Å². The topological polar surface area (TPSA) is 94.9 Å². The number of imidazole rings is 2. The molecule has 0 bridgehead atoms. The molecule has 0 fully saturated rings. The number of carboxylic acid groups (broad SMARTS) is 1. The molecule has 0 unspecified atom stereocenters. The Hall–Kier alpha value is -2.90. The maximum Gasteiger partial charge on any atom is 0.354 e. The van der Waals surface area contributed by atoms with Crippen molar-refractivity contribution in [3.05, 3.63) is 46.5 Å². The third kappa shape index (κ3) is 2.91. The highest BCUT2D eigenvalue weighted by Crippen LogP contribution is 2.21. The van der Waals surface area contributed by atoms with Crippen LogP contribution in [0.2, 0.25) is 0 Å². The smallest absolute Gasteiger partial charge is 0.354 e. The molecule has 26 heavy (non-hydrogen) atoms. The number of aromatic carboxylic acids is 1. The Morgan fingerprint density at radius 2 is 1.96 bits per heavy atom. The molecule has 0 aliphatic heterocycles. The lowest BCUT2D eigenvalue weighted by Gasteiger charge is -2.14. The molecule has 0 atom stereocenters. The monoisotopic (exact) mass is 357 g/mol. The van der Waals surface area contributed by atoms with E-state index in [0.717, 1.165) is 25.1 Å². The molecule has 0 aliphatic rings. The first-order valence-electron chi connectivity index (χ1n) is 8.85. The fourth-order valence-electron chi connectivity index (χ4n) is 3.35. The Labute approximate surface area is 150 Å². The van der Waals surface area contributed by atoms with E-state index in [4.69, 9.17) is 0 Å². The molecule has 0 radical (unpaired) electrons. The molecule has 0 aliphatic carbocycles. The number of rotatable bonds is 7. The number of carboxylic acids is 1. The molecule has 0 saturated heterocycles. The van der Waals surface area contributed by atoms with Crippen molar-refractivity contribution in [1.29, 1.82) is 0 Å². The molecular weight excluding hydrogens is 334 g/mol. The number of fused-ring (bicyclic) bond motifs is 1. The Bertz CT molecular complexity index is 994. The molecule has 3 heterocycles. The van der Waals surface area contributed by atoms with Crippen LogP contribution in [-0.2, 0) is 13.1 Å². The zero-order valence-electron chi connectivity index (χ0n) is 15.2. The summed E-state index contributed by atoms with van der Waals surface area (Å²) >= 11 is 0. The van der Waals surface area contributed by atoms with Gasteiger partial charge in [0, 0.05) is 18.8 Å². The molecule has 3 rings (SSSR count). The number of nitrogens with zero attached hydrogens (tertiary/aromatic N) is 5. The Morgan fingerprint density at radius 3 is 2.58 bits per heavy atom. The zero-order valence-corrected chi connectivity index (χ0v) is 15.2. The predicted molar refractivity (Wildman–Crippen MR) is 97.6 cm³/mol. The van der Waals surface area contributed by atoms with E-state index in [1.165, 1.54) is 6.07 Å². The molecule has 0 saturated carbocycles. The van der Waals surface area contributed by atoms with E-state index < -0.39 is 5.97 Å². The van der Waals surface area contributed by atoms with Gasteiger partial charge < -0.3 is 9.67 Å². The van der Waals surface area contributed by atoms with Crippen molar-refractivity contribution in [3.63, 3.8) is 0 Å². The van der Waals surface area contributed by atoms with Gasteiger partial charge in [-0.1, -0.05) is 13.8 Å². The van der Waals surface area contributed by atoms with Gasteiger partial charge in [-0.05, 0) is 31.9 Å². The molecule has 1 N–H and O–H groups in total. The van der Waals surface area contributed by atoms with E-state index in [1.54, 1.807) is 27.7 Å². The molecule has 3 aromatic rings. The summed E-state index contributed by atoms with van der Waals surface area (Å²) in [4.78, 5) is 32.9. The van der Waals surface area contributed by atoms with Gasteiger partial charge in [-0.3, -0.25) is 9.13 Å². The Balaban J connectivity index is 2.25. The largest absolute Gasteiger partial charge is 0.477 e. The molecule has 138 valence electrons. The van der Waals surface area contributed by atoms with Crippen LogP contribution >= 0.6 is 0 Å². The van der Waals surface area contributed by atoms with Gasteiger partial charge in [-0.25, -0.2) is 19.6 Å². The van der Waals surface area contributed by atoms with Crippen molar-refractivity contribution in [2.75, 3.05) is 0 Å². The maximum atomic E-state index is 13.2. The second-order valence-electron chi connectivity index (χ2n) is 6.22. The Kier molecular flexibility index (Phi) is 4.92. The second kappa shape index (κ2) is 7.15. The average molecular weight is 357 g/mol. The normalized spacial score (nSPS) is 11.5. The number of hydrogen-bond acceptors (Lipinski definition) is 4. The first-order valence-corrected chi connectivity index (χ1v) is 8.85. The third-order valence-electron chi connectivity index (χ3n) is 4.79. The summed E-state index contributed by atoms with van der Waals surface area (Å²) in [5, 5.41) is 9.28. The molecule has 0 amide bonds. The summed E-state index contributed by atoms with van der Waals surface area (Å²) in [7, 11) is 0. The van der Waals surface area contributed by atoms with Gasteiger partial charge in [0.15, 0.2) is 11.3 Å². The fraction of sp³-hybridized carbons (Fsp3) is 0.444. The molecule has 0 aromatic carbocycles. The van der Waals surface area contributed by atoms with Gasteiger partial charge in [-0.15, -0.1) is 0 Å². The van der Waals surface area contributed by atoms with Crippen molar-refractivity contribution >= 4 is 17.1 Å². The summed E-state index contributed by atoms with van der Waals surface area (Å²) < 4.78 is 5.23. The predicted octanol–water partition coefficient (Wildman–Crippen LogP) is 2.52. The standard InChI is InChI=1S/C18H23N5O3/c1-4-12(5-2)23-15-8-7-14(17(24)25)20-16(15)22(18(23)26)10-13-9-19-11-21(13)6-3/h7-9,11-12H,4-6,10H2,1-3H3,(H,24,25). The van der Waals surface area contributed by atoms with E-state index in [9.17, 15) is 14.7 Å². The molecule has 8 nitrogen and oxygen atoms in total. The minimum atomic E-state index is -1.11. The van der Waals surface area contributed by atoms with Gasteiger partial charge >= 0.3 is 11.7 Å². The van der Waals surface area contributed by atoms with Crippen LogP contribution in [0.3, 0.4) is 0 Å². The molecule has 0 spiro atoms. The lowest BCUT2D eigenvalue weighted by Crippen LogP contribution is -2.28. The number of carbonyl (C=O) groups is 1. The summed E-state index contributed by atoms with van der Waals surface area (Å²) in [6.07, 6.45) is 5.06. The minimum absolute atomic E-state index is 0.0415. The van der Waals surface area contributed by atoms with Crippen molar-refractivity contribution in [1.82, 2.24) is 23.7 Å². The number of aromatic nitrogens is 5. The van der Waals surface area contributed by atoms with E-state index >= 15 is 0 Å². The lowest BCUT2D eigenvalue weighted by atomic mass is 10.1. The SMILES string of the molecule is CCC(CC)n1c(=O)n(Cc2cncn2CC)c2nc(C(=O)O)ccc21. The van der Waals surface area contributed by atoms with Crippen LogP contribution in [0.4, 0.5) is 0 Å². The van der Waals surface area contributed by atoms with Gasteiger partial charge in [0.25, 0.3) is 0 Å². The third-order valence-corrected chi connectivity index (χ3v) is 4.79. The lowest BCUT2D eigenvalue weighted by molar-refractivity contribution is 0.0691. The fourth-order valence-corrected chi connectivity index (χ4v) is 3.35. The second-order valence-corrected chi connectivity index (χ2v) is 6.22. The minimum Gasteiger partial charge on any atom is -0.477 e. The highest BCUT2D eigenvalue weighted by Gasteiger charge is 2.21. The first kappa shape index (κ1) is 17.9. The van der Waals surface area contributed by atoms with Crippen molar-refractivity contribution in [2.24, 2.45) is 0 Å². The number of aryl methyl sites for hydroxylation is 1. The summed E-state index contributed by atoms with van der Waals surface area (Å²) in [6, 6.07) is 3.17. The van der Waals surface area contributed by atoms with Crippen LogP contribution in [0.5, 0.6) is 0 Å². The van der Waals surface area contributed by atoms with Gasteiger partial charge in [-0.2, -0.15) is 0 Å². The van der Waals surface area contributed by atoms with E-state index in [-0.39, 0.29) is 17.4 Å². The number of pyridine rings is 1. The zero-order chi connectivity index (χ0) is 18.8. The molecule has 3 aromatic heterocycles. The van der Waals surface area contributed by atoms with Crippen LogP contribution < -0.4 is 5.69 Å². The highest BCUT2D eigenvalue weighted by molar-refractivity contribution is 5.88. The highest BCUT2D eigenvalue weighted by atomic mass is 16.4. The summed E-state index contributed by atoms with van der Waals surface area (Å²) in [5.41, 5.74) is 1.69. The van der Waals surface area contributed by atoms with Crippen LogP contribution in [0.15, 0.2) is 29.5 Å². The molecular formula is C18H23N5O3. The molecule has 8 heteroatoms. The summed E-state index contributed by atoms with van der Waals surface area (Å²) in [5.74, 6) is -1.11. The van der Waals surface area contributed by atoms with E-state index in [0.29, 0.717) is 17.7 Å². The van der Waals surface area contributed by atoms with Crippen LogP contribution in [0.25, 0.3) is 11.2 Å². The quantitative estimate of drug-likeness (QED) is 0.701. The van der Waals surface area contributed by atoms with Gasteiger partial charge in [0.2, 0.25) is 0 Å². The Morgan fingerprint density at radius 1 is 1.23 bits per heavy atom. The van der Waals surface area contributed by atoms with Gasteiger partial charge in [0.05, 0.1) is 24.1 Å². The van der Waals surface area contributed by atoms with Crippen molar-refractivity contribution in [3.8, 4) is 0 Å². The van der Waals surface area contributed by atoms with Crippen molar-refractivity contribution in [2.45, 2.75) is 52.7 Å². The van der Waals surface area contributed by atoms with Crippen LogP contribution in [0, 0.1) is 0 Å². The van der Waals surface area contributed by atoms with Crippen LogP contribution in [0.1, 0.15) is 55.8 Å². The average Bonchev–Trinajstić information content (AvgIpc) is 3.20. The van der Waals surface area contributed by atoms with Gasteiger partial charge in [0.1, 0.15) is 0 Å². The first-order chi connectivity index (χ1) is 12.5.